The fourth-order valence-electron chi connectivity index (χ4n) is 2.75. The second-order valence-electron chi connectivity index (χ2n) is 6.00. The van der Waals surface area contributed by atoms with E-state index >= 15 is 0 Å². The van der Waals surface area contributed by atoms with Gasteiger partial charge in [-0.25, -0.2) is 4.98 Å². The third-order valence-corrected chi connectivity index (χ3v) is 5.13. The average Bonchev–Trinajstić information content (AvgIpc) is 2.66. The van der Waals surface area contributed by atoms with Crippen LogP contribution in [0.15, 0.2) is 34.2 Å². The fraction of sp³-hybridized carbons (Fsp3) is 0.333. The molecule has 0 unspecified atom stereocenters. The van der Waals surface area contributed by atoms with Crippen molar-refractivity contribution in [3.8, 4) is 5.75 Å². The van der Waals surface area contributed by atoms with Crippen molar-refractivity contribution in [3.63, 3.8) is 0 Å². The number of hydrogen-bond donors (Lipinski definition) is 3. The molecule has 2 amide bonds. The summed E-state index contributed by atoms with van der Waals surface area (Å²) in [4.78, 5) is 44.3. The van der Waals surface area contributed by atoms with E-state index in [9.17, 15) is 14.4 Å². The molecule has 0 fully saturated rings. The van der Waals surface area contributed by atoms with Gasteiger partial charge in [-0.1, -0.05) is 18.7 Å². The number of aromatic nitrogens is 2. The summed E-state index contributed by atoms with van der Waals surface area (Å²) in [6.07, 6.45) is 0.811. The SMILES string of the molecule is CCCSc1nc2c(c(=O)[nH]1)[C@H](C(=O)Nc1ccc(OC)cc1)CC(=O)N2. The number of aromatic amines is 1. The summed E-state index contributed by atoms with van der Waals surface area (Å²) >= 11 is 1.39. The van der Waals surface area contributed by atoms with Gasteiger partial charge >= 0.3 is 0 Å². The van der Waals surface area contributed by atoms with Crippen LogP contribution in [-0.4, -0.2) is 34.6 Å². The Hall–Kier alpha value is -2.81. The van der Waals surface area contributed by atoms with Crippen LogP contribution in [0.3, 0.4) is 0 Å². The van der Waals surface area contributed by atoms with E-state index in [1.165, 1.54) is 11.8 Å². The Morgan fingerprint density at radius 3 is 2.74 bits per heavy atom. The normalized spacial score (nSPS) is 15.6. The van der Waals surface area contributed by atoms with Crippen molar-refractivity contribution in [1.82, 2.24) is 9.97 Å². The van der Waals surface area contributed by atoms with Gasteiger partial charge in [-0.05, 0) is 30.7 Å². The maximum Gasteiger partial charge on any atom is 0.257 e. The molecule has 0 radical (unpaired) electrons. The Labute approximate surface area is 160 Å². The topological polar surface area (TPSA) is 113 Å². The van der Waals surface area contributed by atoms with Crippen LogP contribution in [0, 0.1) is 0 Å². The predicted molar refractivity (Wildman–Crippen MR) is 103 cm³/mol. The van der Waals surface area contributed by atoms with Gasteiger partial charge in [0, 0.05) is 17.9 Å². The Morgan fingerprint density at radius 1 is 1.33 bits per heavy atom. The van der Waals surface area contributed by atoms with Gasteiger partial charge < -0.3 is 20.4 Å². The van der Waals surface area contributed by atoms with Crippen LogP contribution in [0.2, 0.25) is 0 Å². The van der Waals surface area contributed by atoms with Crippen molar-refractivity contribution in [2.75, 3.05) is 23.5 Å². The van der Waals surface area contributed by atoms with Crippen LogP contribution in [0.4, 0.5) is 11.5 Å². The maximum absolute atomic E-state index is 12.7. The van der Waals surface area contributed by atoms with Gasteiger partial charge in [0.15, 0.2) is 5.16 Å². The second-order valence-corrected chi connectivity index (χ2v) is 7.09. The number of benzene rings is 1. The van der Waals surface area contributed by atoms with E-state index in [0.717, 1.165) is 12.2 Å². The van der Waals surface area contributed by atoms with Crippen molar-refractivity contribution in [2.45, 2.75) is 30.8 Å². The number of ether oxygens (including phenoxy) is 1. The molecule has 0 bridgehead atoms. The number of rotatable bonds is 6. The van der Waals surface area contributed by atoms with E-state index in [-0.39, 0.29) is 23.7 Å². The molecule has 1 aliphatic heterocycles. The summed E-state index contributed by atoms with van der Waals surface area (Å²) in [6, 6.07) is 6.80. The Kier molecular flexibility index (Phi) is 5.80. The maximum atomic E-state index is 12.7. The molecule has 8 nitrogen and oxygen atoms in total. The summed E-state index contributed by atoms with van der Waals surface area (Å²) < 4.78 is 5.08. The fourth-order valence-corrected chi connectivity index (χ4v) is 3.46. The van der Waals surface area contributed by atoms with Crippen molar-refractivity contribution in [1.29, 1.82) is 0 Å². The van der Waals surface area contributed by atoms with Gasteiger partial charge in [0.25, 0.3) is 5.56 Å². The summed E-state index contributed by atoms with van der Waals surface area (Å²) in [5.41, 5.74) is 0.322. The van der Waals surface area contributed by atoms with E-state index < -0.39 is 17.4 Å². The molecule has 1 aromatic heterocycles. The number of carbonyl (C=O) groups excluding carboxylic acids is 2. The van der Waals surface area contributed by atoms with Crippen molar-refractivity contribution >= 4 is 35.1 Å². The van der Waals surface area contributed by atoms with Gasteiger partial charge in [0.2, 0.25) is 11.8 Å². The van der Waals surface area contributed by atoms with Crippen LogP contribution >= 0.6 is 11.8 Å². The summed E-state index contributed by atoms with van der Waals surface area (Å²) in [7, 11) is 1.55. The van der Waals surface area contributed by atoms with Crippen LogP contribution < -0.4 is 20.9 Å². The number of nitrogens with zero attached hydrogens (tertiary/aromatic N) is 1. The molecule has 0 saturated heterocycles. The summed E-state index contributed by atoms with van der Waals surface area (Å²) in [6.45, 7) is 2.02. The molecule has 3 N–H and O–H groups in total. The number of amides is 2. The highest BCUT2D eigenvalue weighted by Crippen LogP contribution is 2.30. The number of anilines is 2. The van der Waals surface area contributed by atoms with Crippen molar-refractivity contribution in [2.24, 2.45) is 0 Å². The predicted octanol–water partition coefficient (Wildman–Crippen LogP) is 2.35. The minimum absolute atomic E-state index is 0.110. The highest BCUT2D eigenvalue weighted by atomic mass is 32.2. The minimum atomic E-state index is -0.905. The molecule has 3 rings (SSSR count). The largest absolute Gasteiger partial charge is 0.497 e. The van der Waals surface area contributed by atoms with Crippen LogP contribution in [0.25, 0.3) is 0 Å². The first-order valence-corrected chi connectivity index (χ1v) is 9.52. The zero-order chi connectivity index (χ0) is 19.4. The number of H-pyrrole nitrogens is 1. The summed E-state index contributed by atoms with van der Waals surface area (Å²) in [5, 5.41) is 5.77. The third kappa shape index (κ3) is 4.30. The molecule has 2 aromatic rings. The molecular weight excluding hydrogens is 368 g/mol. The molecule has 0 saturated carbocycles. The zero-order valence-corrected chi connectivity index (χ0v) is 15.8. The molecule has 1 aromatic carbocycles. The second kappa shape index (κ2) is 8.26. The van der Waals surface area contributed by atoms with Crippen molar-refractivity contribution in [3.05, 3.63) is 40.2 Å². The number of nitrogens with one attached hydrogen (secondary N) is 3. The molecule has 27 heavy (non-hydrogen) atoms. The lowest BCUT2D eigenvalue weighted by molar-refractivity contribution is -0.123. The molecule has 142 valence electrons. The molecule has 1 aliphatic rings. The molecule has 2 heterocycles. The lowest BCUT2D eigenvalue weighted by atomic mass is 9.92. The molecule has 1 atom stereocenters. The Morgan fingerprint density at radius 2 is 2.07 bits per heavy atom. The first-order valence-electron chi connectivity index (χ1n) is 8.53. The lowest BCUT2D eigenvalue weighted by Gasteiger charge is -2.23. The molecule has 0 spiro atoms. The monoisotopic (exact) mass is 388 g/mol. The molecule has 9 heteroatoms. The van der Waals surface area contributed by atoms with E-state index in [4.69, 9.17) is 4.74 Å². The van der Waals surface area contributed by atoms with Gasteiger partial charge in [-0.2, -0.15) is 0 Å². The van der Waals surface area contributed by atoms with Gasteiger partial charge in [0.1, 0.15) is 11.6 Å². The van der Waals surface area contributed by atoms with E-state index in [2.05, 4.69) is 20.6 Å². The number of thioether (sulfide) groups is 1. The Balaban J connectivity index is 1.87. The van der Waals surface area contributed by atoms with E-state index in [1.807, 2.05) is 6.92 Å². The van der Waals surface area contributed by atoms with Gasteiger partial charge in [-0.15, -0.1) is 0 Å². The average molecular weight is 388 g/mol. The smallest absolute Gasteiger partial charge is 0.257 e. The number of hydrogen-bond acceptors (Lipinski definition) is 6. The Bertz CT molecular complexity index is 911. The molecular formula is C18H20N4O4S. The first kappa shape index (κ1) is 19.0. The van der Waals surface area contributed by atoms with Crippen LogP contribution in [-0.2, 0) is 9.59 Å². The summed E-state index contributed by atoms with van der Waals surface area (Å²) in [5.74, 6) is -0.0785. The zero-order valence-electron chi connectivity index (χ0n) is 15.0. The minimum Gasteiger partial charge on any atom is -0.497 e. The highest BCUT2D eigenvalue weighted by molar-refractivity contribution is 7.99. The number of carbonyl (C=O) groups is 2. The van der Waals surface area contributed by atoms with Crippen LogP contribution in [0.5, 0.6) is 5.75 Å². The van der Waals surface area contributed by atoms with Gasteiger partial charge in [0.05, 0.1) is 18.6 Å². The van der Waals surface area contributed by atoms with E-state index in [0.29, 0.717) is 16.6 Å². The molecule has 0 aliphatic carbocycles. The number of fused-ring (bicyclic) bond motifs is 1. The number of methoxy groups -OCH3 is 1. The van der Waals surface area contributed by atoms with Gasteiger partial charge in [-0.3, -0.25) is 14.4 Å². The van der Waals surface area contributed by atoms with E-state index in [1.54, 1.807) is 31.4 Å². The standard InChI is InChI=1S/C18H20N4O4S/c1-3-8-27-18-21-15-14(17(25)22-18)12(9-13(23)20-15)16(24)19-10-4-6-11(26-2)7-5-10/h4-7,12H,3,8-9H2,1-2H3,(H,19,24)(H2,20,21,22,23,25)/t12-/m1/s1. The lowest BCUT2D eigenvalue weighted by Crippen LogP contribution is -2.36. The first-order chi connectivity index (χ1) is 13.0. The highest BCUT2D eigenvalue weighted by Gasteiger charge is 2.34. The third-order valence-electron chi connectivity index (χ3n) is 4.05. The van der Waals surface area contributed by atoms with Crippen molar-refractivity contribution < 1.29 is 14.3 Å². The van der Waals surface area contributed by atoms with Crippen LogP contribution in [0.1, 0.15) is 31.2 Å². The quantitative estimate of drug-likeness (QED) is 0.517.